The summed E-state index contributed by atoms with van der Waals surface area (Å²) < 4.78 is 22.9. The van der Waals surface area contributed by atoms with Crippen molar-refractivity contribution in [3.63, 3.8) is 0 Å². The van der Waals surface area contributed by atoms with E-state index in [0.29, 0.717) is 19.4 Å². The van der Waals surface area contributed by atoms with Crippen molar-refractivity contribution in [3.05, 3.63) is 35.4 Å². The maximum Gasteiger partial charge on any atom is 0.220 e. The molecule has 1 aliphatic heterocycles. The van der Waals surface area contributed by atoms with Crippen LogP contribution >= 0.6 is 0 Å². The molecule has 1 heterocycles. The molecule has 0 unspecified atom stereocenters. The lowest BCUT2D eigenvalue weighted by molar-refractivity contribution is -0.122. The van der Waals surface area contributed by atoms with Crippen LogP contribution in [-0.4, -0.2) is 51.4 Å². The minimum Gasteiger partial charge on any atom is -0.354 e. The Labute approximate surface area is 139 Å². The van der Waals surface area contributed by atoms with Crippen molar-refractivity contribution < 1.29 is 13.2 Å². The second kappa shape index (κ2) is 7.45. The van der Waals surface area contributed by atoms with Crippen LogP contribution in [0.3, 0.4) is 0 Å². The number of hydrogen-bond donors (Lipinski definition) is 1. The number of rotatable bonds is 6. The van der Waals surface area contributed by atoms with Crippen LogP contribution in [0.15, 0.2) is 24.3 Å². The van der Waals surface area contributed by atoms with Crippen molar-refractivity contribution in [1.82, 2.24) is 10.2 Å². The Morgan fingerprint density at radius 2 is 1.96 bits per heavy atom. The Kier molecular flexibility index (Phi) is 5.81. The molecule has 1 fully saturated rings. The van der Waals surface area contributed by atoms with Crippen molar-refractivity contribution in [2.45, 2.75) is 25.8 Å². The third-order valence-corrected chi connectivity index (χ3v) is 6.22. The summed E-state index contributed by atoms with van der Waals surface area (Å²) in [5.41, 5.74) is 2.36. The van der Waals surface area contributed by atoms with Crippen molar-refractivity contribution in [2.75, 3.05) is 32.1 Å². The Balaban J connectivity index is 1.89. The molecule has 23 heavy (non-hydrogen) atoms. The standard InChI is InChI=1S/C17H26N2O3S/c1-13-4-6-15(7-5-13)16(19(2)3)11-18-17(20)10-14-8-9-23(21,22)12-14/h4-7,14,16H,8-12H2,1-3H3,(H,18,20)/t14-,16+/m0/s1. The van der Waals surface area contributed by atoms with Crippen LogP contribution in [0, 0.1) is 12.8 Å². The number of sulfone groups is 1. The highest BCUT2D eigenvalue weighted by Gasteiger charge is 2.29. The first-order valence-corrected chi connectivity index (χ1v) is 9.79. The van der Waals surface area contributed by atoms with Gasteiger partial charge >= 0.3 is 0 Å². The van der Waals surface area contributed by atoms with Crippen LogP contribution in [-0.2, 0) is 14.6 Å². The summed E-state index contributed by atoms with van der Waals surface area (Å²) in [7, 11) is 1.05. The molecule has 1 amide bonds. The fourth-order valence-electron chi connectivity index (χ4n) is 2.97. The lowest BCUT2D eigenvalue weighted by atomic mass is 10.0. The number of likely N-dealkylation sites (N-methyl/N-ethyl adjacent to an activating group) is 1. The average molecular weight is 338 g/mol. The van der Waals surface area contributed by atoms with E-state index in [1.54, 1.807) is 0 Å². The largest absolute Gasteiger partial charge is 0.354 e. The molecule has 0 radical (unpaired) electrons. The van der Waals surface area contributed by atoms with Crippen molar-refractivity contribution in [3.8, 4) is 0 Å². The quantitative estimate of drug-likeness (QED) is 0.854. The minimum absolute atomic E-state index is 0.0304. The Bertz CT molecular complexity index is 638. The molecule has 1 aliphatic rings. The number of aryl methyl sites for hydroxylation is 1. The van der Waals surface area contributed by atoms with Crippen LogP contribution < -0.4 is 5.32 Å². The van der Waals surface area contributed by atoms with Gasteiger partial charge in [0.05, 0.1) is 17.5 Å². The number of carbonyl (C=O) groups is 1. The highest BCUT2D eigenvalue weighted by atomic mass is 32.2. The van der Waals surface area contributed by atoms with Gasteiger partial charge in [0.15, 0.2) is 9.84 Å². The van der Waals surface area contributed by atoms with E-state index >= 15 is 0 Å². The van der Waals surface area contributed by atoms with Crippen molar-refractivity contribution in [2.24, 2.45) is 5.92 Å². The van der Waals surface area contributed by atoms with Crippen LogP contribution in [0.2, 0.25) is 0 Å². The topological polar surface area (TPSA) is 66.5 Å². The number of carbonyl (C=O) groups excluding carboxylic acids is 1. The molecule has 1 aromatic carbocycles. The number of benzene rings is 1. The maximum absolute atomic E-state index is 12.1. The van der Waals surface area contributed by atoms with Gasteiger partial charge in [0, 0.05) is 13.0 Å². The van der Waals surface area contributed by atoms with E-state index in [-0.39, 0.29) is 29.4 Å². The highest BCUT2D eigenvalue weighted by Crippen LogP contribution is 2.22. The fourth-order valence-corrected chi connectivity index (χ4v) is 4.83. The Hall–Kier alpha value is -1.40. The van der Waals surface area contributed by atoms with Gasteiger partial charge < -0.3 is 10.2 Å². The van der Waals surface area contributed by atoms with Crippen LogP contribution in [0.4, 0.5) is 0 Å². The molecule has 0 spiro atoms. The van der Waals surface area contributed by atoms with Crippen LogP contribution in [0.25, 0.3) is 0 Å². The summed E-state index contributed by atoms with van der Waals surface area (Å²) in [5.74, 6) is 0.271. The predicted octanol–water partition coefficient (Wildman–Crippen LogP) is 1.54. The van der Waals surface area contributed by atoms with E-state index in [2.05, 4.69) is 34.5 Å². The summed E-state index contributed by atoms with van der Waals surface area (Å²) in [4.78, 5) is 14.2. The first kappa shape index (κ1) is 17.9. The van der Waals surface area contributed by atoms with E-state index in [9.17, 15) is 13.2 Å². The molecule has 2 atom stereocenters. The van der Waals surface area contributed by atoms with Crippen molar-refractivity contribution >= 4 is 15.7 Å². The Morgan fingerprint density at radius 3 is 2.48 bits per heavy atom. The molecular weight excluding hydrogens is 312 g/mol. The van der Waals surface area contributed by atoms with Crippen LogP contribution in [0.1, 0.15) is 30.0 Å². The lowest BCUT2D eigenvalue weighted by Gasteiger charge is -2.25. The van der Waals surface area contributed by atoms with E-state index in [1.165, 1.54) is 5.56 Å². The second-order valence-corrected chi connectivity index (χ2v) is 8.90. The first-order chi connectivity index (χ1) is 10.8. The molecular formula is C17H26N2O3S. The lowest BCUT2D eigenvalue weighted by Crippen LogP contribution is -2.35. The minimum atomic E-state index is -2.92. The number of amides is 1. The number of hydrogen-bond acceptors (Lipinski definition) is 4. The van der Waals surface area contributed by atoms with Gasteiger partial charge in [-0.1, -0.05) is 29.8 Å². The smallest absolute Gasteiger partial charge is 0.220 e. The van der Waals surface area contributed by atoms with Gasteiger partial charge in [-0.15, -0.1) is 0 Å². The maximum atomic E-state index is 12.1. The van der Waals surface area contributed by atoms with Gasteiger partial charge in [-0.05, 0) is 38.9 Å². The van der Waals surface area contributed by atoms with E-state index in [4.69, 9.17) is 0 Å². The third-order valence-electron chi connectivity index (χ3n) is 4.38. The summed E-state index contributed by atoms with van der Waals surface area (Å²) in [6, 6.07) is 8.39. The monoisotopic (exact) mass is 338 g/mol. The van der Waals surface area contributed by atoms with Gasteiger partial charge in [-0.25, -0.2) is 8.42 Å². The molecule has 1 saturated heterocycles. The first-order valence-electron chi connectivity index (χ1n) is 7.97. The summed E-state index contributed by atoms with van der Waals surface area (Å²) in [5, 5.41) is 2.96. The predicted molar refractivity (Wildman–Crippen MR) is 92.0 cm³/mol. The Morgan fingerprint density at radius 1 is 1.30 bits per heavy atom. The third kappa shape index (κ3) is 5.32. The molecule has 1 aromatic rings. The molecule has 5 nitrogen and oxygen atoms in total. The summed E-state index contributed by atoms with van der Waals surface area (Å²) in [6.45, 7) is 2.57. The fraction of sp³-hybridized carbons (Fsp3) is 0.588. The molecule has 0 bridgehead atoms. The van der Waals surface area contributed by atoms with E-state index < -0.39 is 9.84 Å². The molecule has 0 aromatic heterocycles. The number of nitrogens with one attached hydrogen (secondary N) is 1. The SMILES string of the molecule is Cc1ccc([C@@H](CNC(=O)C[C@@H]2CCS(=O)(=O)C2)N(C)C)cc1. The zero-order valence-corrected chi connectivity index (χ0v) is 14.9. The molecule has 0 saturated carbocycles. The second-order valence-electron chi connectivity index (χ2n) is 6.67. The highest BCUT2D eigenvalue weighted by molar-refractivity contribution is 7.91. The number of nitrogens with zero attached hydrogens (tertiary/aromatic N) is 1. The van der Waals surface area contributed by atoms with Gasteiger partial charge in [-0.2, -0.15) is 0 Å². The molecule has 6 heteroatoms. The van der Waals surface area contributed by atoms with Gasteiger partial charge in [0.25, 0.3) is 0 Å². The van der Waals surface area contributed by atoms with Crippen LogP contribution in [0.5, 0.6) is 0 Å². The van der Waals surface area contributed by atoms with Crippen molar-refractivity contribution in [1.29, 1.82) is 0 Å². The summed E-state index contributed by atoms with van der Waals surface area (Å²) >= 11 is 0. The zero-order chi connectivity index (χ0) is 17.0. The average Bonchev–Trinajstić information content (AvgIpc) is 2.79. The summed E-state index contributed by atoms with van der Waals surface area (Å²) in [6.07, 6.45) is 0.901. The molecule has 1 N–H and O–H groups in total. The van der Waals surface area contributed by atoms with E-state index in [1.807, 2.05) is 21.0 Å². The van der Waals surface area contributed by atoms with Gasteiger partial charge in [0.2, 0.25) is 5.91 Å². The van der Waals surface area contributed by atoms with Gasteiger partial charge in [0.1, 0.15) is 0 Å². The normalized spacial score (nSPS) is 21.3. The van der Waals surface area contributed by atoms with E-state index in [0.717, 1.165) is 5.56 Å². The van der Waals surface area contributed by atoms with Gasteiger partial charge in [-0.3, -0.25) is 4.79 Å². The molecule has 0 aliphatic carbocycles. The molecule has 2 rings (SSSR count). The molecule has 128 valence electrons. The zero-order valence-electron chi connectivity index (χ0n) is 14.1.